The molecule has 1 aromatic carbocycles. The number of aromatic nitrogens is 3. The lowest BCUT2D eigenvalue weighted by atomic mass is 9.77. The van der Waals surface area contributed by atoms with Crippen molar-refractivity contribution in [3.63, 3.8) is 0 Å². The van der Waals surface area contributed by atoms with Gasteiger partial charge in [0.2, 0.25) is 0 Å². The summed E-state index contributed by atoms with van der Waals surface area (Å²) in [6.07, 6.45) is 5.92. The van der Waals surface area contributed by atoms with Crippen LogP contribution in [-0.2, 0) is 0 Å². The van der Waals surface area contributed by atoms with Gasteiger partial charge >= 0.3 is 0 Å². The van der Waals surface area contributed by atoms with Gasteiger partial charge in [-0.15, -0.1) is 5.10 Å². The fourth-order valence-corrected chi connectivity index (χ4v) is 2.77. The van der Waals surface area contributed by atoms with Gasteiger partial charge in [0.05, 0.1) is 24.6 Å². The summed E-state index contributed by atoms with van der Waals surface area (Å²) in [4.78, 5) is 12.1. The van der Waals surface area contributed by atoms with Crippen LogP contribution < -0.4 is 10.1 Å². The maximum Gasteiger partial charge on any atom is 0.273 e. The summed E-state index contributed by atoms with van der Waals surface area (Å²) in [6, 6.07) is 7.33. The number of carbonyl (C=O) groups excluding carboxylic acids is 1. The minimum Gasteiger partial charge on any atom is -0.497 e. The Morgan fingerprint density at radius 3 is 2.75 bits per heavy atom. The van der Waals surface area contributed by atoms with Crippen LogP contribution in [0.1, 0.15) is 42.6 Å². The summed E-state index contributed by atoms with van der Waals surface area (Å²) >= 11 is 0. The zero-order valence-corrected chi connectivity index (χ0v) is 13.7. The molecule has 128 valence electrons. The van der Waals surface area contributed by atoms with E-state index < -0.39 is 5.60 Å². The van der Waals surface area contributed by atoms with Crippen LogP contribution in [-0.4, -0.2) is 45.3 Å². The summed E-state index contributed by atoms with van der Waals surface area (Å²) < 4.78 is 6.66. The fourth-order valence-electron chi connectivity index (χ4n) is 2.77. The molecule has 0 spiro atoms. The number of hydrogen-bond donors (Lipinski definition) is 2. The summed E-state index contributed by atoms with van der Waals surface area (Å²) in [7, 11) is 1.61. The average molecular weight is 330 g/mol. The van der Waals surface area contributed by atoms with Crippen LogP contribution in [0, 0.1) is 0 Å². The van der Waals surface area contributed by atoms with Crippen molar-refractivity contribution in [1.82, 2.24) is 20.3 Å². The number of carbonyl (C=O) groups is 1. The van der Waals surface area contributed by atoms with E-state index in [-0.39, 0.29) is 11.6 Å². The molecule has 0 aliphatic heterocycles. The van der Waals surface area contributed by atoms with Gasteiger partial charge in [-0.05, 0) is 56.4 Å². The second-order valence-corrected chi connectivity index (χ2v) is 6.18. The van der Waals surface area contributed by atoms with Gasteiger partial charge < -0.3 is 15.2 Å². The zero-order chi connectivity index (χ0) is 17.0. The number of nitrogens with one attached hydrogen (secondary N) is 1. The highest BCUT2D eigenvalue weighted by Crippen LogP contribution is 2.35. The third kappa shape index (κ3) is 3.73. The molecule has 0 unspecified atom stereocenters. The molecular weight excluding hydrogens is 308 g/mol. The molecule has 1 aliphatic rings. The van der Waals surface area contributed by atoms with Crippen molar-refractivity contribution in [3.8, 4) is 11.4 Å². The molecule has 2 aromatic rings. The van der Waals surface area contributed by atoms with E-state index in [4.69, 9.17) is 4.74 Å². The van der Waals surface area contributed by atoms with E-state index in [1.807, 2.05) is 24.3 Å². The molecule has 3 rings (SSSR count). The summed E-state index contributed by atoms with van der Waals surface area (Å²) in [6.45, 7) is 0.524. The second kappa shape index (κ2) is 7.00. The number of nitrogens with zero attached hydrogens (tertiary/aromatic N) is 3. The molecule has 1 aromatic heterocycles. The molecule has 7 heteroatoms. The van der Waals surface area contributed by atoms with Crippen molar-refractivity contribution < 1.29 is 14.6 Å². The second-order valence-electron chi connectivity index (χ2n) is 6.18. The lowest BCUT2D eigenvalue weighted by molar-refractivity contribution is -0.0413. The van der Waals surface area contributed by atoms with Crippen LogP contribution >= 0.6 is 0 Å². The smallest absolute Gasteiger partial charge is 0.273 e. The van der Waals surface area contributed by atoms with Crippen molar-refractivity contribution in [2.45, 2.75) is 37.7 Å². The Kier molecular flexibility index (Phi) is 4.80. The quantitative estimate of drug-likeness (QED) is 0.754. The molecule has 1 heterocycles. The third-order valence-corrected chi connectivity index (χ3v) is 4.45. The van der Waals surface area contributed by atoms with Crippen molar-refractivity contribution in [2.75, 3.05) is 13.7 Å². The molecule has 2 N–H and O–H groups in total. The van der Waals surface area contributed by atoms with Crippen LogP contribution in [0.4, 0.5) is 0 Å². The van der Waals surface area contributed by atoms with Gasteiger partial charge in [0, 0.05) is 6.54 Å². The highest BCUT2D eigenvalue weighted by molar-refractivity contribution is 5.91. The lowest BCUT2D eigenvalue weighted by Gasteiger charge is -2.36. The van der Waals surface area contributed by atoms with E-state index in [2.05, 4.69) is 15.6 Å². The van der Waals surface area contributed by atoms with Crippen molar-refractivity contribution >= 4 is 5.91 Å². The predicted molar refractivity (Wildman–Crippen MR) is 88.3 cm³/mol. The first kappa shape index (κ1) is 16.4. The van der Waals surface area contributed by atoms with Gasteiger partial charge in [0.1, 0.15) is 5.75 Å². The first-order chi connectivity index (χ1) is 11.6. The van der Waals surface area contributed by atoms with Crippen molar-refractivity contribution in [1.29, 1.82) is 0 Å². The molecule has 1 fully saturated rings. The van der Waals surface area contributed by atoms with E-state index >= 15 is 0 Å². The van der Waals surface area contributed by atoms with E-state index in [0.29, 0.717) is 6.54 Å². The molecule has 0 radical (unpaired) electrons. The van der Waals surface area contributed by atoms with Crippen LogP contribution in [0.25, 0.3) is 5.69 Å². The monoisotopic (exact) mass is 330 g/mol. The molecule has 1 aliphatic carbocycles. The number of benzene rings is 1. The predicted octanol–water partition coefficient (Wildman–Crippen LogP) is 1.70. The molecule has 0 saturated heterocycles. The van der Waals surface area contributed by atoms with E-state index in [1.54, 1.807) is 18.0 Å². The number of amides is 1. The summed E-state index contributed by atoms with van der Waals surface area (Å²) in [5, 5.41) is 20.7. The molecule has 7 nitrogen and oxygen atoms in total. The van der Waals surface area contributed by atoms with E-state index in [9.17, 15) is 9.90 Å². The number of aliphatic hydroxyl groups is 1. The largest absolute Gasteiger partial charge is 0.497 e. The Hall–Kier alpha value is -2.41. The lowest BCUT2D eigenvalue weighted by Crippen LogP contribution is -2.37. The average Bonchev–Trinajstić information content (AvgIpc) is 3.07. The molecule has 24 heavy (non-hydrogen) atoms. The first-order valence-corrected chi connectivity index (χ1v) is 8.17. The Labute approximate surface area is 140 Å². The minimum atomic E-state index is -0.498. The highest BCUT2D eigenvalue weighted by Gasteiger charge is 2.33. The van der Waals surface area contributed by atoms with E-state index in [0.717, 1.165) is 43.5 Å². The Balaban J connectivity index is 1.51. The van der Waals surface area contributed by atoms with E-state index in [1.165, 1.54) is 0 Å². The van der Waals surface area contributed by atoms with Crippen LogP contribution in [0.5, 0.6) is 5.75 Å². The normalized spacial score (nSPS) is 15.6. The molecule has 1 amide bonds. The molecular formula is C17H22N4O3. The van der Waals surface area contributed by atoms with Gasteiger partial charge in [-0.25, -0.2) is 4.68 Å². The topological polar surface area (TPSA) is 89.3 Å². The molecule has 0 atom stereocenters. The van der Waals surface area contributed by atoms with Crippen molar-refractivity contribution in [3.05, 3.63) is 36.2 Å². The maximum absolute atomic E-state index is 12.1. The van der Waals surface area contributed by atoms with Gasteiger partial charge in [0.15, 0.2) is 5.69 Å². The van der Waals surface area contributed by atoms with Crippen LogP contribution in [0.15, 0.2) is 30.5 Å². The molecule has 1 saturated carbocycles. The Morgan fingerprint density at radius 1 is 1.38 bits per heavy atom. The third-order valence-electron chi connectivity index (χ3n) is 4.45. The Morgan fingerprint density at radius 2 is 2.12 bits per heavy atom. The zero-order valence-electron chi connectivity index (χ0n) is 13.7. The number of rotatable bonds is 7. The van der Waals surface area contributed by atoms with Crippen molar-refractivity contribution in [2.24, 2.45) is 0 Å². The minimum absolute atomic E-state index is 0.254. The number of hydrogen-bond acceptors (Lipinski definition) is 5. The Bertz CT molecular complexity index is 692. The number of ether oxygens (including phenoxy) is 1. The van der Waals surface area contributed by atoms with Gasteiger partial charge in [0.25, 0.3) is 5.91 Å². The van der Waals surface area contributed by atoms with Crippen LogP contribution in [0.2, 0.25) is 0 Å². The van der Waals surface area contributed by atoms with Gasteiger partial charge in [-0.1, -0.05) is 5.21 Å². The summed E-state index contributed by atoms with van der Waals surface area (Å²) in [5.74, 6) is 0.500. The molecule has 0 bridgehead atoms. The highest BCUT2D eigenvalue weighted by atomic mass is 16.5. The summed E-state index contributed by atoms with van der Waals surface area (Å²) in [5.41, 5.74) is 0.574. The maximum atomic E-state index is 12.1. The van der Waals surface area contributed by atoms with Crippen LogP contribution in [0.3, 0.4) is 0 Å². The standard InChI is InChI=1S/C17H22N4O3/c1-24-14-6-4-13(5-7-14)21-12-15(19-20-21)16(22)18-11-3-10-17(23)8-2-9-17/h4-7,12,23H,2-3,8-11H2,1H3,(H,18,22). The van der Waals surface area contributed by atoms with Gasteiger partial charge in [-0.3, -0.25) is 4.79 Å². The SMILES string of the molecule is COc1ccc(-n2cc(C(=O)NCCCC3(O)CCC3)nn2)cc1. The number of methoxy groups -OCH3 is 1. The first-order valence-electron chi connectivity index (χ1n) is 8.17. The van der Waals surface area contributed by atoms with Gasteiger partial charge in [-0.2, -0.15) is 0 Å². The fraction of sp³-hybridized carbons (Fsp3) is 0.471.